The van der Waals surface area contributed by atoms with E-state index in [2.05, 4.69) is 0 Å². The normalized spacial score (nSPS) is 15.4. The Hall–Kier alpha value is -2.02. The number of carboxylic acid groups (broad SMARTS) is 1. The predicted octanol–water partition coefficient (Wildman–Crippen LogP) is 2.19. The highest BCUT2D eigenvalue weighted by molar-refractivity contribution is 5.79. The topological polar surface area (TPSA) is 66.8 Å². The van der Waals surface area contributed by atoms with Crippen LogP contribution in [0.15, 0.2) is 18.2 Å². The lowest BCUT2D eigenvalue weighted by atomic mass is 9.98. The average molecular weight is 327 g/mol. The first-order valence-electron chi connectivity index (χ1n) is 7.50. The second-order valence-electron chi connectivity index (χ2n) is 5.50. The molecule has 0 atom stereocenters. The number of aliphatic carboxylic acids is 1. The number of benzene rings is 1. The second kappa shape index (κ2) is 8.01. The van der Waals surface area contributed by atoms with Gasteiger partial charge in [-0.15, -0.1) is 0 Å². The van der Waals surface area contributed by atoms with E-state index in [4.69, 9.17) is 9.84 Å². The van der Waals surface area contributed by atoms with Gasteiger partial charge >= 0.3 is 5.97 Å². The molecule has 1 heterocycles. The van der Waals surface area contributed by atoms with Crippen molar-refractivity contribution in [1.29, 1.82) is 0 Å². The molecule has 0 unspecified atom stereocenters. The van der Waals surface area contributed by atoms with Crippen molar-refractivity contribution in [2.24, 2.45) is 5.92 Å². The first-order valence-corrected chi connectivity index (χ1v) is 7.50. The predicted molar refractivity (Wildman–Crippen MR) is 77.6 cm³/mol. The minimum Gasteiger partial charge on any atom is -0.481 e. The quantitative estimate of drug-likeness (QED) is 0.870. The number of carbonyl (C=O) groups is 2. The van der Waals surface area contributed by atoms with E-state index in [9.17, 15) is 18.4 Å². The first-order chi connectivity index (χ1) is 11.0. The zero-order valence-electron chi connectivity index (χ0n) is 12.6. The first kappa shape index (κ1) is 17.3. The number of amides is 1. The van der Waals surface area contributed by atoms with E-state index in [0.29, 0.717) is 26.1 Å². The van der Waals surface area contributed by atoms with Gasteiger partial charge in [-0.25, -0.2) is 8.78 Å². The number of nitrogens with zero attached hydrogens (tertiary/aromatic N) is 1. The van der Waals surface area contributed by atoms with Crippen LogP contribution in [0.5, 0.6) is 0 Å². The molecule has 7 heteroatoms. The van der Waals surface area contributed by atoms with Gasteiger partial charge in [0.1, 0.15) is 0 Å². The van der Waals surface area contributed by atoms with E-state index in [1.807, 2.05) is 0 Å². The van der Waals surface area contributed by atoms with Crippen molar-refractivity contribution in [2.75, 3.05) is 19.8 Å². The molecule has 1 aromatic carbocycles. The van der Waals surface area contributed by atoms with Crippen LogP contribution in [-0.2, 0) is 20.9 Å². The molecule has 1 saturated heterocycles. The summed E-state index contributed by atoms with van der Waals surface area (Å²) in [7, 11) is 0. The molecule has 0 spiro atoms. The lowest BCUT2D eigenvalue weighted by molar-refractivity contribution is -0.141. The Labute approximate surface area is 132 Å². The summed E-state index contributed by atoms with van der Waals surface area (Å²) in [5, 5.41) is 8.83. The van der Waals surface area contributed by atoms with Gasteiger partial charge < -0.3 is 14.7 Å². The molecule has 1 fully saturated rings. The minimum atomic E-state index is -1.05. The van der Waals surface area contributed by atoms with Crippen LogP contribution in [0.25, 0.3) is 0 Å². The summed E-state index contributed by atoms with van der Waals surface area (Å²) < 4.78 is 32.3. The third-order valence-electron chi connectivity index (χ3n) is 3.87. The number of carbonyl (C=O) groups excluding carboxylic acids is 1. The van der Waals surface area contributed by atoms with E-state index >= 15 is 0 Å². The van der Waals surface area contributed by atoms with Crippen molar-refractivity contribution in [3.05, 3.63) is 35.4 Å². The Morgan fingerprint density at radius 1 is 1.26 bits per heavy atom. The molecule has 1 amide bonds. The van der Waals surface area contributed by atoms with Gasteiger partial charge in [-0.1, -0.05) is 12.1 Å². The van der Waals surface area contributed by atoms with Crippen LogP contribution in [-0.4, -0.2) is 41.6 Å². The molecule has 1 aromatic rings. The highest BCUT2D eigenvalue weighted by atomic mass is 19.2. The molecule has 1 aliphatic heterocycles. The number of hydrogen-bond donors (Lipinski definition) is 1. The van der Waals surface area contributed by atoms with E-state index in [-0.39, 0.29) is 36.9 Å². The van der Waals surface area contributed by atoms with Gasteiger partial charge in [-0.2, -0.15) is 0 Å². The van der Waals surface area contributed by atoms with Crippen molar-refractivity contribution in [3.63, 3.8) is 0 Å². The van der Waals surface area contributed by atoms with Gasteiger partial charge in [0.25, 0.3) is 0 Å². The SMILES string of the molecule is O=C(O)CCN(Cc1cccc(F)c1F)C(=O)C1CCOCC1. The molecule has 0 radical (unpaired) electrons. The molecular weight excluding hydrogens is 308 g/mol. The number of hydrogen-bond acceptors (Lipinski definition) is 3. The number of carboxylic acids is 1. The van der Waals surface area contributed by atoms with Gasteiger partial charge in [0.15, 0.2) is 11.6 Å². The van der Waals surface area contributed by atoms with E-state index in [1.54, 1.807) is 0 Å². The van der Waals surface area contributed by atoms with Crippen molar-refractivity contribution in [3.8, 4) is 0 Å². The lowest BCUT2D eigenvalue weighted by Gasteiger charge is -2.29. The van der Waals surface area contributed by atoms with Crippen molar-refractivity contribution < 1.29 is 28.2 Å². The molecule has 0 aliphatic carbocycles. The maximum Gasteiger partial charge on any atom is 0.305 e. The third-order valence-corrected chi connectivity index (χ3v) is 3.87. The Bertz CT molecular complexity index is 573. The molecule has 23 heavy (non-hydrogen) atoms. The van der Waals surface area contributed by atoms with Crippen LogP contribution in [0.4, 0.5) is 8.78 Å². The fourth-order valence-corrected chi connectivity index (χ4v) is 2.58. The van der Waals surface area contributed by atoms with Crippen molar-refractivity contribution in [2.45, 2.75) is 25.8 Å². The summed E-state index contributed by atoms with van der Waals surface area (Å²) in [5.74, 6) is -3.55. The van der Waals surface area contributed by atoms with E-state index in [0.717, 1.165) is 6.07 Å². The molecule has 1 N–H and O–H groups in total. The minimum absolute atomic E-state index is 0.0378. The molecule has 2 rings (SSSR count). The summed E-state index contributed by atoms with van der Waals surface area (Å²) in [6.45, 7) is 0.754. The number of halogens is 2. The lowest BCUT2D eigenvalue weighted by Crippen LogP contribution is -2.39. The van der Waals surface area contributed by atoms with Gasteiger partial charge in [0.05, 0.1) is 6.42 Å². The Morgan fingerprint density at radius 3 is 2.61 bits per heavy atom. The molecule has 126 valence electrons. The summed E-state index contributed by atoms with van der Waals surface area (Å²) in [6, 6.07) is 3.76. The maximum atomic E-state index is 13.8. The Balaban J connectivity index is 2.14. The van der Waals surface area contributed by atoms with Crippen LogP contribution >= 0.6 is 0 Å². The summed E-state index contributed by atoms with van der Waals surface area (Å²) in [5.41, 5.74) is 0.0378. The van der Waals surface area contributed by atoms with Crippen molar-refractivity contribution in [1.82, 2.24) is 4.90 Å². The Morgan fingerprint density at radius 2 is 1.96 bits per heavy atom. The van der Waals surface area contributed by atoms with Crippen LogP contribution in [0.1, 0.15) is 24.8 Å². The Kier molecular flexibility index (Phi) is 6.04. The van der Waals surface area contributed by atoms with E-state index in [1.165, 1.54) is 17.0 Å². The molecule has 5 nitrogen and oxygen atoms in total. The zero-order chi connectivity index (χ0) is 16.8. The van der Waals surface area contributed by atoms with Gasteiger partial charge in [0.2, 0.25) is 5.91 Å². The zero-order valence-corrected chi connectivity index (χ0v) is 12.6. The van der Waals surface area contributed by atoms with Gasteiger partial charge in [-0.05, 0) is 18.9 Å². The average Bonchev–Trinajstić information content (AvgIpc) is 2.55. The maximum absolute atomic E-state index is 13.8. The highest BCUT2D eigenvalue weighted by Gasteiger charge is 2.27. The fourth-order valence-electron chi connectivity index (χ4n) is 2.58. The molecule has 0 aromatic heterocycles. The fraction of sp³-hybridized carbons (Fsp3) is 0.500. The standard InChI is InChI=1S/C16H19F2NO4/c17-13-3-1-2-12(15(13)18)10-19(7-4-14(20)21)16(22)11-5-8-23-9-6-11/h1-3,11H,4-10H2,(H,20,21). The van der Waals surface area contributed by atoms with Gasteiger partial charge in [0, 0.05) is 37.8 Å². The van der Waals surface area contributed by atoms with Gasteiger partial charge in [-0.3, -0.25) is 9.59 Å². The summed E-state index contributed by atoms with van der Waals surface area (Å²) >= 11 is 0. The van der Waals surface area contributed by atoms with Crippen LogP contribution in [0.2, 0.25) is 0 Å². The van der Waals surface area contributed by atoms with Crippen molar-refractivity contribution >= 4 is 11.9 Å². The van der Waals surface area contributed by atoms with Crippen LogP contribution < -0.4 is 0 Å². The second-order valence-corrected chi connectivity index (χ2v) is 5.50. The summed E-state index contributed by atoms with van der Waals surface area (Å²) in [4.78, 5) is 24.7. The molecule has 0 bridgehead atoms. The summed E-state index contributed by atoms with van der Waals surface area (Å²) in [6.07, 6.45) is 0.855. The monoisotopic (exact) mass is 327 g/mol. The van der Waals surface area contributed by atoms with E-state index < -0.39 is 17.6 Å². The number of ether oxygens (including phenoxy) is 1. The smallest absolute Gasteiger partial charge is 0.305 e. The third kappa shape index (κ3) is 4.72. The molecular formula is C16H19F2NO4. The number of rotatable bonds is 6. The molecule has 0 saturated carbocycles. The van der Waals surface area contributed by atoms with Crippen LogP contribution in [0.3, 0.4) is 0 Å². The molecule has 1 aliphatic rings. The van der Waals surface area contributed by atoms with Crippen LogP contribution in [0, 0.1) is 17.6 Å². The largest absolute Gasteiger partial charge is 0.481 e. The highest BCUT2D eigenvalue weighted by Crippen LogP contribution is 2.21.